The first-order valence-corrected chi connectivity index (χ1v) is 21.0. The van der Waals surface area contributed by atoms with Gasteiger partial charge < -0.3 is 59.1 Å². The monoisotopic (exact) mass is 823 g/mol. The summed E-state index contributed by atoms with van der Waals surface area (Å²) in [4.78, 5) is 13.9. The van der Waals surface area contributed by atoms with Gasteiger partial charge in [0, 0.05) is 49.5 Å². The summed E-state index contributed by atoms with van der Waals surface area (Å²) in [6.07, 6.45) is 3.82. The number of aliphatic hydroxyl groups excluding tert-OH is 5. The van der Waals surface area contributed by atoms with Gasteiger partial charge in [-0.15, -0.1) is 0 Å². The molecule has 58 heavy (non-hydrogen) atoms. The minimum absolute atomic E-state index is 0.0414. The van der Waals surface area contributed by atoms with Crippen LogP contribution < -0.4 is 0 Å². The van der Waals surface area contributed by atoms with Crippen molar-refractivity contribution in [1.29, 1.82) is 0 Å². The van der Waals surface area contributed by atoms with Crippen LogP contribution >= 0.6 is 0 Å². The van der Waals surface area contributed by atoms with Crippen molar-refractivity contribution in [2.45, 2.75) is 168 Å². The lowest BCUT2D eigenvalue weighted by molar-refractivity contribution is -0.339. The van der Waals surface area contributed by atoms with Gasteiger partial charge >= 0.3 is 5.97 Å². The van der Waals surface area contributed by atoms with E-state index in [9.17, 15) is 35.4 Å². The Hall–Kier alpha value is -2.43. The first-order valence-electron chi connectivity index (χ1n) is 21.0. The molecule has 0 spiro atoms. The fourth-order valence-electron chi connectivity index (χ4n) is 8.64. The largest absolute Gasteiger partial charge is 0.490 e. The Labute approximate surface area is 346 Å². The van der Waals surface area contributed by atoms with E-state index in [-0.39, 0.29) is 42.3 Å². The van der Waals surface area contributed by atoms with E-state index in [1.165, 1.54) is 20.3 Å². The molecule has 0 bridgehead atoms. The van der Waals surface area contributed by atoms with E-state index in [1.54, 1.807) is 39.8 Å². The summed E-state index contributed by atoms with van der Waals surface area (Å²) < 4.78 is 36.1. The van der Waals surface area contributed by atoms with Gasteiger partial charge in [-0.25, -0.2) is 4.79 Å². The molecule has 332 valence electrons. The highest BCUT2D eigenvalue weighted by molar-refractivity contribution is 5.87. The fraction of sp³-hybridized carbons (Fsp3) is 0.756. The number of hydrogen-bond acceptors (Lipinski definition) is 13. The second kappa shape index (κ2) is 22.4. The predicted molar refractivity (Wildman–Crippen MR) is 220 cm³/mol. The van der Waals surface area contributed by atoms with Crippen LogP contribution in [0.1, 0.15) is 94.9 Å². The molecule has 13 heteroatoms. The summed E-state index contributed by atoms with van der Waals surface area (Å²) in [5.41, 5.74) is 1.61. The number of rotatable bonds is 10. The third kappa shape index (κ3) is 12.6. The van der Waals surface area contributed by atoms with E-state index in [0.29, 0.717) is 18.4 Å². The number of allylic oxidation sites excluding steroid dienone is 6. The van der Waals surface area contributed by atoms with Gasteiger partial charge in [-0.1, -0.05) is 89.1 Å². The summed E-state index contributed by atoms with van der Waals surface area (Å²) in [6, 6.07) is 0. The van der Waals surface area contributed by atoms with Crippen LogP contribution in [-0.4, -0.2) is 124 Å². The molecule has 0 aromatic carbocycles. The Bertz CT molecular complexity index is 1450. The van der Waals surface area contributed by atoms with E-state index in [4.69, 9.17) is 28.4 Å². The van der Waals surface area contributed by atoms with Crippen LogP contribution in [0.4, 0.5) is 0 Å². The van der Waals surface area contributed by atoms with Gasteiger partial charge in [0.2, 0.25) is 5.76 Å². The number of methoxy groups -OCH3 is 2. The van der Waals surface area contributed by atoms with Crippen LogP contribution in [-0.2, 0) is 33.2 Å². The molecule has 6 N–H and O–H groups in total. The SMILES string of the molecule is C/C=C/[C@H]1O[C@@](O)([C@@H](C)[C@H](O)[C@H](C)[C@H]2OC(=O)/C(OC)=C/C(C)=C/[C@@H](C)[C@@H](O)[C@@H](CC)[C@@H](O)[C@H](C)C/C(C)=C\C=C\[C@@H]2OC)C[C@@H](O[C@H]2C[C@@H](O)[C@H](O)[C@@H](C)O2)[C@@H]1C. The van der Waals surface area contributed by atoms with Gasteiger partial charge in [-0.3, -0.25) is 0 Å². The molecule has 3 heterocycles. The highest BCUT2D eigenvalue weighted by atomic mass is 16.7. The Morgan fingerprint density at radius 3 is 2.29 bits per heavy atom. The van der Waals surface area contributed by atoms with Gasteiger partial charge in [0.25, 0.3) is 0 Å². The molecule has 3 rings (SSSR count). The smallest absolute Gasteiger partial charge is 0.373 e. The van der Waals surface area contributed by atoms with Crippen molar-refractivity contribution in [2.75, 3.05) is 14.2 Å². The molecule has 0 aromatic heterocycles. The molecule has 2 saturated heterocycles. The molecule has 0 saturated carbocycles. The van der Waals surface area contributed by atoms with Crippen LogP contribution in [0, 0.1) is 35.5 Å². The van der Waals surface area contributed by atoms with Crippen LogP contribution in [0.25, 0.3) is 0 Å². The van der Waals surface area contributed by atoms with Gasteiger partial charge in [0.1, 0.15) is 18.3 Å². The van der Waals surface area contributed by atoms with Crippen molar-refractivity contribution in [3.8, 4) is 0 Å². The Morgan fingerprint density at radius 1 is 1.03 bits per heavy atom. The topological polar surface area (TPSA) is 194 Å². The van der Waals surface area contributed by atoms with Crippen molar-refractivity contribution in [2.24, 2.45) is 35.5 Å². The maximum absolute atomic E-state index is 13.9. The quantitative estimate of drug-likeness (QED) is 0.129. The van der Waals surface area contributed by atoms with Crippen molar-refractivity contribution >= 4 is 5.97 Å². The van der Waals surface area contributed by atoms with Crippen molar-refractivity contribution in [3.63, 3.8) is 0 Å². The molecule has 3 aliphatic heterocycles. The van der Waals surface area contributed by atoms with Gasteiger partial charge in [-0.05, 0) is 52.5 Å². The number of carbonyl (C=O) groups is 1. The lowest BCUT2D eigenvalue weighted by Crippen LogP contribution is -2.59. The summed E-state index contributed by atoms with van der Waals surface area (Å²) in [5, 5.41) is 67.8. The molecule has 0 unspecified atom stereocenters. The van der Waals surface area contributed by atoms with Crippen molar-refractivity contribution in [1.82, 2.24) is 0 Å². The molecule has 18 atom stereocenters. The maximum Gasteiger partial charge on any atom is 0.373 e. The van der Waals surface area contributed by atoms with E-state index in [2.05, 4.69) is 0 Å². The zero-order valence-electron chi connectivity index (χ0n) is 36.7. The number of hydrogen-bond donors (Lipinski definition) is 6. The minimum atomic E-state index is -1.93. The highest BCUT2D eigenvalue weighted by Gasteiger charge is 2.52. The van der Waals surface area contributed by atoms with E-state index < -0.39 is 90.9 Å². The van der Waals surface area contributed by atoms with Gasteiger partial charge in [0.15, 0.2) is 12.1 Å². The molecule has 0 aromatic rings. The summed E-state index contributed by atoms with van der Waals surface area (Å²) in [6.45, 7) is 18.3. The molecule has 13 nitrogen and oxygen atoms in total. The third-order valence-corrected chi connectivity index (χ3v) is 12.5. The average molecular weight is 823 g/mol. The zero-order chi connectivity index (χ0) is 43.6. The number of cyclic esters (lactones) is 1. The standard InChI is InChI=1S/C45H74O13/c1-13-16-34-28(7)37(56-38-22-33(46)42(50)31(10)55-38)23-45(52,58-34)30(9)41(49)29(8)43-35(53-11)18-15-17-24(3)19-26(5)39(47)32(14-2)40(48)27(6)20-25(4)21-36(54-12)44(51)57-43/h13,15-18,20-21,26-35,37-43,46-50,52H,14,19,22-23H2,1-12H3/b16-13+,18-15+,24-17-,25-20+,36-21-/t26-,27-,28-,29+,30+,31-,32+,33-,34-,35+,37-,38+,39+,40-,41-,42-,43-,45-/m1/s1. The van der Waals surface area contributed by atoms with Crippen molar-refractivity contribution in [3.05, 3.63) is 59.4 Å². The van der Waals surface area contributed by atoms with Crippen LogP contribution in [0.15, 0.2) is 59.4 Å². The van der Waals surface area contributed by atoms with Gasteiger partial charge in [0.05, 0.1) is 49.8 Å². The summed E-state index contributed by atoms with van der Waals surface area (Å²) in [5.74, 6) is -5.78. The second-order valence-electron chi connectivity index (χ2n) is 17.1. The van der Waals surface area contributed by atoms with Crippen LogP contribution in [0.2, 0.25) is 0 Å². The lowest BCUT2D eigenvalue weighted by atomic mass is 9.77. The molecular formula is C45H74O13. The van der Waals surface area contributed by atoms with Crippen LogP contribution in [0.5, 0.6) is 0 Å². The summed E-state index contributed by atoms with van der Waals surface area (Å²) in [7, 11) is 2.83. The molecular weight excluding hydrogens is 748 g/mol. The molecule has 3 aliphatic rings. The maximum atomic E-state index is 13.9. The minimum Gasteiger partial charge on any atom is -0.490 e. The van der Waals surface area contributed by atoms with E-state index in [0.717, 1.165) is 5.57 Å². The Kier molecular flexibility index (Phi) is 19.3. The Balaban J connectivity index is 2.02. The average Bonchev–Trinajstić information content (AvgIpc) is 3.17. The fourth-order valence-corrected chi connectivity index (χ4v) is 8.64. The highest BCUT2D eigenvalue weighted by Crippen LogP contribution is 2.42. The molecule has 0 amide bonds. The van der Waals surface area contributed by atoms with E-state index in [1.807, 2.05) is 65.8 Å². The summed E-state index contributed by atoms with van der Waals surface area (Å²) >= 11 is 0. The van der Waals surface area contributed by atoms with E-state index >= 15 is 0 Å². The number of ether oxygens (including phenoxy) is 6. The third-order valence-electron chi connectivity index (χ3n) is 12.5. The lowest BCUT2D eigenvalue weighted by Gasteiger charge is -2.49. The normalized spacial score (nSPS) is 43.9. The van der Waals surface area contributed by atoms with Gasteiger partial charge in [-0.2, -0.15) is 0 Å². The predicted octanol–water partition coefficient (Wildman–Crippen LogP) is 4.88. The molecule has 0 aliphatic carbocycles. The second-order valence-corrected chi connectivity index (χ2v) is 17.1. The molecule has 0 radical (unpaired) electrons. The van der Waals surface area contributed by atoms with Crippen molar-refractivity contribution < 1.29 is 63.9 Å². The Morgan fingerprint density at radius 2 is 1.71 bits per heavy atom. The first-order chi connectivity index (χ1) is 27.2. The number of aliphatic hydroxyl groups is 6. The number of esters is 1. The zero-order valence-corrected chi connectivity index (χ0v) is 36.7. The number of carbonyl (C=O) groups excluding carboxylic acids is 1. The first kappa shape index (κ1) is 49.9. The molecule has 2 fully saturated rings. The van der Waals surface area contributed by atoms with Crippen LogP contribution in [0.3, 0.4) is 0 Å².